The number of hydrogen-bond donors (Lipinski definition) is 4. The molecule has 0 unspecified atom stereocenters. The van der Waals surface area contributed by atoms with Crippen LogP contribution in [-0.2, 0) is 4.74 Å². The number of rotatable bonds is 6. The van der Waals surface area contributed by atoms with Crippen LogP contribution >= 0.6 is 13.5 Å². The van der Waals surface area contributed by atoms with Crippen molar-refractivity contribution in [3.63, 3.8) is 0 Å². The van der Waals surface area contributed by atoms with Crippen molar-refractivity contribution in [3.8, 4) is 6.07 Å². The van der Waals surface area contributed by atoms with E-state index in [4.69, 9.17) is 10.00 Å². The first-order valence-corrected chi connectivity index (χ1v) is 8.34. The highest BCUT2D eigenvalue weighted by atomic mass is 32.1. The van der Waals surface area contributed by atoms with Crippen LogP contribution in [0.4, 0.5) is 17.5 Å². The molecule has 1 aliphatic rings. The molecule has 11 nitrogen and oxygen atoms in total. The van der Waals surface area contributed by atoms with Crippen LogP contribution in [0.2, 0.25) is 0 Å². The molecule has 2 aromatic heterocycles. The summed E-state index contributed by atoms with van der Waals surface area (Å²) >= 11 is 0. The van der Waals surface area contributed by atoms with Crippen molar-refractivity contribution < 1.29 is 9.53 Å². The lowest BCUT2D eigenvalue weighted by Crippen LogP contribution is -2.42. The Hall–Kier alpha value is -3.01. The summed E-state index contributed by atoms with van der Waals surface area (Å²) in [5.41, 5.74) is 1.03. The molecular formula is C16H21N9O2S. The molecule has 3 heterocycles. The van der Waals surface area contributed by atoms with Gasteiger partial charge in [0.1, 0.15) is 6.07 Å². The molecule has 0 spiro atoms. The molecule has 148 valence electrons. The largest absolute Gasteiger partial charge is 0.380 e. The zero-order valence-electron chi connectivity index (χ0n) is 15.2. The number of carbonyl (C=O) groups excluding carboxylic acids is 1. The van der Waals surface area contributed by atoms with Crippen LogP contribution in [0.5, 0.6) is 0 Å². The van der Waals surface area contributed by atoms with Crippen LogP contribution in [0, 0.1) is 11.3 Å². The summed E-state index contributed by atoms with van der Waals surface area (Å²) in [7, 11) is 1.53. The number of aromatic nitrogens is 4. The maximum atomic E-state index is 12.1. The van der Waals surface area contributed by atoms with E-state index in [-0.39, 0.29) is 37.1 Å². The fourth-order valence-corrected chi connectivity index (χ4v) is 2.41. The highest BCUT2D eigenvalue weighted by Crippen LogP contribution is 2.19. The molecule has 28 heavy (non-hydrogen) atoms. The normalized spacial score (nSPS) is 15.6. The van der Waals surface area contributed by atoms with E-state index < -0.39 is 0 Å². The molecule has 1 amide bonds. The van der Waals surface area contributed by atoms with E-state index in [1.807, 2.05) is 6.07 Å². The van der Waals surface area contributed by atoms with Crippen LogP contribution in [0.25, 0.3) is 0 Å². The topological polar surface area (TPSA) is 150 Å². The number of amides is 1. The SMILES string of the molecule is CNC(=O)c1nnc(Nc2ncc(C#N)cn2)cc1NC[C@@H]1CNCCO1.S. The lowest BCUT2D eigenvalue weighted by atomic mass is 10.2. The van der Waals surface area contributed by atoms with E-state index in [2.05, 4.69) is 41.4 Å². The van der Waals surface area contributed by atoms with Crippen LogP contribution in [-0.4, -0.2) is 65.5 Å². The van der Waals surface area contributed by atoms with Crippen molar-refractivity contribution in [2.75, 3.05) is 43.9 Å². The minimum atomic E-state index is -0.353. The van der Waals surface area contributed by atoms with Gasteiger partial charge in [0.05, 0.1) is 36.4 Å². The highest BCUT2D eigenvalue weighted by molar-refractivity contribution is 7.59. The molecule has 0 aromatic carbocycles. The molecule has 3 rings (SSSR count). The molecule has 1 atom stereocenters. The van der Waals surface area contributed by atoms with Gasteiger partial charge in [-0.25, -0.2) is 9.97 Å². The van der Waals surface area contributed by atoms with E-state index >= 15 is 0 Å². The second-order valence-electron chi connectivity index (χ2n) is 5.68. The van der Waals surface area contributed by atoms with E-state index in [1.54, 1.807) is 6.07 Å². The molecule has 12 heteroatoms. The van der Waals surface area contributed by atoms with Gasteiger partial charge in [-0.1, -0.05) is 0 Å². The average molecular weight is 403 g/mol. The zero-order valence-corrected chi connectivity index (χ0v) is 16.2. The Kier molecular flexibility index (Phi) is 7.88. The molecule has 0 radical (unpaired) electrons. The lowest BCUT2D eigenvalue weighted by Gasteiger charge is -2.24. The number of hydrogen-bond acceptors (Lipinski definition) is 10. The van der Waals surface area contributed by atoms with Gasteiger partial charge < -0.3 is 26.0 Å². The van der Waals surface area contributed by atoms with Crippen LogP contribution in [0.15, 0.2) is 18.5 Å². The zero-order chi connectivity index (χ0) is 19.1. The summed E-state index contributed by atoms with van der Waals surface area (Å²) in [6, 6.07) is 3.60. The predicted octanol–water partition coefficient (Wildman–Crippen LogP) is -0.245. The van der Waals surface area contributed by atoms with Crippen molar-refractivity contribution in [2.45, 2.75) is 6.10 Å². The van der Waals surface area contributed by atoms with Gasteiger partial charge in [-0.05, 0) is 0 Å². The predicted molar refractivity (Wildman–Crippen MR) is 107 cm³/mol. The van der Waals surface area contributed by atoms with Gasteiger partial charge in [-0.15, -0.1) is 10.2 Å². The van der Waals surface area contributed by atoms with Gasteiger partial charge in [0.15, 0.2) is 11.5 Å². The van der Waals surface area contributed by atoms with E-state index in [9.17, 15) is 4.79 Å². The summed E-state index contributed by atoms with van der Waals surface area (Å²) < 4.78 is 5.65. The van der Waals surface area contributed by atoms with Gasteiger partial charge in [0, 0.05) is 32.7 Å². The number of ether oxygens (including phenoxy) is 1. The number of nitrogens with zero attached hydrogens (tertiary/aromatic N) is 5. The van der Waals surface area contributed by atoms with Crippen molar-refractivity contribution in [1.29, 1.82) is 5.26 Å². The van der Waals surface area contributed by atoms with E-state index in [0.717, 1.165) is 13.1 Å². The van der Waals surface area contributed by atoms with Crippen molar-refractivity contribution in [2.24, 2.45) is 0 Å². The summed E-state index contributed by atoms with van der Waals surface area (Å²) in [5.74, 6) is 0.271. The van der Waals surface area contributed by atoms with Gasteiger partial charge in [-0.2, -0.15) is 18.8 Å². The number of nitriles is 1. The molecule has 0 saturated carbocycles. The van der Waals surface area contributed by atoms with Crippen molar-refractivity contribution >= 4 is 36.9 Å². The monoisotopic (exact) mass is 403 g/mol. The Labute approximate surface area is 168 Å². The smallest absolute Gasteiger partial charge is 0.273 e. The minimum absolute atomic E-state index is 0. The standard InChI is InChI=1S/C16H19N9O2.H2S/c1-18-15(26)14-12(20-9-11-8-19-2-3-27-11)4-13(24-25-14)23-16-21-6-10(5-17)7-22-16;/h4,6-7,11,19H,2-3,8-9H2,1H3,(H,18,26)(H2,20,21,22,23,24);1H2/t11-;/m0./s1. The minimum Gasteiger partial charge on any atom is -0.380 e. The number of anilines is 3. The molecule has 0 aliphatic carbocycles. The Morgan fingerprint density at radius 3 is 2.82 bits per heavy atom. The third-order valence-electron chi connectivity index (χ3n) is 3.78. The number of carbonyl (C=O) groups is 1. The summed E-state index contributed by atoms with van der Waals surface area (Å²) in [5, 5.41) is 28.7. The summed E-state index contributed by atoms with van der Waals surface area (Å²) in [4.78, 5) is 20.1. The quantitative estimate of drug-likeness (QED) is 0.508. The van der Waals surface area contributed by atoms with E-state index in [0.29, 0.717) is 30.2 Å². The molecule has 1 aliphatic heterocycles. The summed E-state index contributed by atoms with van der Waals surface area (Å²) in [6.45, 7) is 2.71. The number of nitrogens with one attached hydrogen (secondary N) is 4. The Balaban J connectivity index is 0.00000280. The first-order valence-electron chi connectivity index (χ1n) is 8.34. The Morgan fingerprint density at radius 1 is 1.39 bits per heavy atom. The first-order chi connectivity index (χ1) is 13.2. The van der Waals surface area contributed by atoms with Gasteiger partial charge in [-0.3, -0.25) is 4.79 Å². The van der Waals surface area contributed by atoms with Crippen LogP contribution in [0.1, 0.15) is 16.1 Å². The second-order valence-corrected chi connectivity index (χ2v) is 5.68. The number of morpholine rings is 1. The van der Waals surface area contributed by atoms with Gasteiger partial charge in [0.2, 0.25) is 5.95 Å². The molecule has 1 fully saturated rings. The molecule has 1 saturated heterocycles. The summed E-state index contributed by atoms with van der Waals surface area (Å²) in [6.07, 6.45) is 2.78. The van der Waals surface area contributed by atoms with Crippen molar-refractivity contribution in [3.05, 3.63) is 29.7 Å². The maximum Gasteiger partial charge on any atom is 0.273 e. The fraction of sp³-hybridized carbons (Fsp3) is 0.375. The van der Waals surface area contributed by atoms with Crippen LogP contribution < -0.4 is 21.3 Å². The Bertz CT molecular complexity index is 835. The maximum absolute atomic E-state index is 12.1. The molecule has 0 bridgehead atoms. The van der Waals surface area contributed by atoms with Crippen molar-refractivity contribution in [1.82, 2.24) is 30.8 Å². The molecular weight excluding hydrogens is 382 g/mol. The second kappa shape index (κ2) is 10.4. The third kappa shape index (κ3) is 5.49. The highest BCUT2D eigenvalue weighted by Gasteiger charge is 2.18. The first kappa shape index (κ1) is 21.3. The average Bonchev–Trinajstić information content (AvgIpc) is 2.73. The third-order valence-corrected chi connectivity index (χ3v) is 3.78. The van der Waals surface area contributed by atoms with Gasteiger partial charge >= 0.3 is 0 Å². The Morgan fingerprint density at radius 2 is 2.18 bits per heavy atom. The lowest BCUT2D eigenvalue weighted by molar-refractivity contribution is 0.0372. The van der Waals surface area contributed by atoms with E-state index in [1.165, 1.54) is 19.4 Å². The molecule has 4 N–H and O–H groups in total. The fourth-order valence-electron chi connectivity index (χ4n) is 2.41. The van der Waals surface area contributed by atoms with Gasteiger partial charge in [0.25, 0.3) is 5.91 Å². The molecule has 2 aromatic rings. The van der Waals surface area contributed by atoms with Crippen LogP contribution in [0.3, 0.4) is 0 Å².